The van der Waals surface area contributed by atoms with Gasteiger partial charge in [-0.2, -0.15) is 0 Å². The van der Waals surface area contributed by atoms with E-state index in [1.165, 1.54) is 11.8 Å². The fourth-order valence-electron chi connectivity index (χ4n) is 3.37. The summed E-state index contributed by atoms with van der Waals surface area (Å²) in [6.45, 7) is 9.99. The van der Waals surface area contributed by atoms with E-state index in [2.05, 4.69) is 37.2 Å². The smallest absolute Gasteiger partial charge is 0.263 e. The van der Waals surface area contributed by atoms with Crippen LogP contribution in [0.1, 0.15) is 44.9 Å². The lowest BCUT2D eigenvalue weighted by Crippen LogP contribution is -2.15. The van der Waals surface area contributed by atoms with Gasteiger partial charge in [-0.3, -0.25) is 4.72 Å². The predicted octanol–water partition coefficient (Wildman–Crippen LogP) is 6.45. The summed E-state index contributed by atoms with van der Waals surface area (Å²) in [6.07, 6.45) is 4.04. The number of nitrogens with zero attached hydrogens (tertiary/aromatic N) is 1. The highest BCUT2D eigenvalue weighted by atomic mass is 32.2. The number of methoxy groups -OCH3 is 2. The second-order valence-corrected chi connectivity index (χ2v) is 11.7. The molecule has 3 aromatic rings. The van der Waals surface area contributed by atoms with E-state index in [1.807, 2.05) is 30.3 Å². The van der Waals surface area contributed by atoms with Gasteiger partial charge in [0.2, 0.25) is 0 Å². The summed E-state index contributed by atoms with van der Waals surface area (Å²) < 4.78 is 45.3. The number of aromatic nitrogens is 1. The number of hydrogen-bond acceptors (Lipinski definition) is 7. The molecule has 0 atom stereocenters. The van der Waals surface area contributed by atoms with Crippen molar-refractivity contribution in [3.05, 3.63) is 66.4 Å². The van der Waals surface area contributed by atoms with Gasteiger partial charge in [-0.25, -0.2) is 8.42 Å². The lowest BCUT2D eigenvalue weighted by atomic mass is 9.87. The van der Waals surface area contributed by atoms with Gasteiger partial charge in [0, 0.05) is 11.3 Å². The van der Waals surface area contributed by atoms with Gasteiger partial charge in [0.25, 0.3) is 10.0 Å². The third-order valence-corrected chi connectivity index (χ3v) is 7.83. The van der Waals surface area contributed by atoms with Crippen LogP contribution in [0, 0.1) is 0 Å². The van der Waals surface area contributed by atoms with Crippen LogP contribution in [0.5, 0.6) is 11.5 Å². The minimum absolute atomic E-state index is 0.0780. The van der Waals surface area contributed by atoms with Crippen LogP contribution in [0.25, 0.3) is 0 Å². The first-order valence-corrected chi connectivity index (χ1v) is 13.5. The molecule has 0 bridgehead atoms. The topological polar surface area (TPSA) is 90.7 Å². The van der Waals surface area contributed by atoms with E-state index in [0.29, 0.717) is 28.6 Å². The highest BCUT2D eigenvalue weighted by molar-refractivity contribution is 7.99. The van der Waals surface area contributed by atoms with Crippen molar-refractivity contribution in [2.24, 2.45) is 0 Å². The zero-order valence-corrected chi connectivity index (χ0v) is 22.4. The molecule has 1 N–H and O–H groups in total. The third-order valence-electron chi connectivity index (χ3n) is 5.36. The van der Waals surface area contributed by atoms with Crippen LogP contribution in [0.3, 0.4) is 0 Å². The SMILES string of the molecule is C=CCCCc1onc(NS(=O)(=O)c2ccc(C(C)(C)C)cc2)c1Sc1ccc(OC)c(OC)c1. The van der Waals surface area contributed by atoms with E-state index >= 15 is 0 Å². The monoisotopic (exact) mass is 516 g/mol. The molecule has 0 unspecified atom stereocenters. The number of aryl methyl sites for hydroxylation is 1. The normalized spacial score (nSPS) is 11.8. The van der Waals surface area contributed by atoms with Crippen LogP contribution < -0.4 is 14.2 Å². The van der Waals surface area contributed by atoms with Gasteiger partial charge in [-0.1, -0.05) is 55.9 Å². The van der Waals surface area contributed by atoms with E-state index in [4.69, 9.17) is 14.0 Å². The van der Waals surface area contributed by atoms with Crippen molar-refractivity contribution >= 4 is 27.6 Å². The van der Waals surface area contributed by atoms with Crippen molar-refractivity contribution < 1.29 is 22.4 Å². The van der Waals surface area contributed by atoms with Crippen molar-refractivity contribution in [1.29, 1.82) is 0 Å². The first kappa shape index (κ1) is 26.7. The molecule has 35 heavy (non-hydrogen) atoms. The molecule has 7 nitrogen and oxygen atoms in total. The van der Waals surface area contributed by atoms with Crippen LogP contribution in [0.4, 0.5) is 5.82 Å². The number of anilines is 1. The van der Waals surface area contributed by atoms with E-state index in [0.717, 1.165) is 23.3 Å². The Morgan fingerprint density at radius 1 is 1.09 bits per heavy atom. The number of rotatable bonds is 11. The van der Waals surface area contributed by atoms with Crippen molar-refractivity contribution in [3.8, 4) is 11.5 Å². The zero-order chi connectivity index (χ0) is 25.6. The molecule has 0 radical (unpaired) electrons. The van der Waals surface area contributed by atoms with Gasteiger partial charge in [0.05, 0.1) is 19.1 Å². The molecule has 0 spiro atoms. The van der Waals surface area contributed by atoms with E-state index in [-0.39, 0.29) is 16.1 Å². The van der Waals surface area contributed by atoms with Crippen LogP contribution >= 0.6 is 11.8 Å². The number of sulfonamides is 1. The van der Waals surface area contributed by atoms with Crippen molar-refractivity contribution in [2.75, 3.05) is 18.9 Å². The molecule has 9 heteroatoms. The molecular formula is C26H32N2O5S2. The van der Waals surface area contributed by atoms with Gasteiger partial charge >= 0.3 is 0 Å². The first-order chi connectivity index (χ1) is 16.6. The molecule has 0 saturated carbocycles. The molecule has 0 amide bonds. The molecule has 3 rings (SSSR count). The molecular weight excluding hydrogens is 484 g/mol. The van der Waals surface area contributed by atoms with Gasteiger partial charge in [-0.15, -0.1) is 6.58 Å². The Hall–Kier alpha value is -2.91. The highest BCUT2D eigenvalue weighted by Gasteiger charge is 2.24. The quantitative estimate of drug-likeness (QED) is 0.231. The standard InChI is InChI=1S/C26H32N2O5S2/c1-7-8-9-10-22-24(34-19-13-16-21(31-5)23(17-19)32-6)25(27-33-22)28-35(29,30)20-14-11-18(12-15-20)26(2,3)4/h7,11-17H,1,8-10H2,2-6H3,(H,27,28). The number of allylic oxidation sites excluding steroid dienone is 1. The second-order valence-electron chi connectivity index (χ2n) is 8.96. The second kappa shape index (κ2) is 11.2. The summed E-state index contributed by atoms with van der Waals surface area (Å²) in [5, 5.41) is 4.07. The number of hydrogen-bond donors (Lipinski definition) is 1. The molecule has 2 aromatic carbocycles. The fourth-order valence-corrected chi connectivity index (χ4v) is 5.42. The third kappa shape index (κ3) is 6.61. The van der Waals surface area contributed by atoms with Crippen LogP contribution in [-0.2, 0) is 21.9 Å². The molecule has 0 saturated heterocycles. The summed E-state index contributed by atoms with van der Waals surface area (Å²) in [5.74, 6) is 1.93. The van der Waals surface area contributed by atoms with Crippen LogP contribution in [0.15, 0.2) is 74.3 Å². The molecule has 0 aliphatic carbocycles. The maximum atomic E-state index is 13.2. The summed E-state index contributed by atoms with van der Waals surface area (Å²) in [5.41, 5.74) is 0.970. The lowest BCUT2D eigenvalue weighted by Gasteiger charge is -2.19. The lowest BCUT2D eigenvalue weighted by molar-refractivity contribution is 0.354. The van der Waals surface area contributed by atoms with E-state index in [1.54, 1.807) is 32.4 Å². The predicted molar refractivity (Wildman–Crippen MR) is 139 cm³/mol. The number of nitrogens with one attached hydrogen (secondary N) is 1. The largest absolute Gasteiger partial charge is 0.493 e. The minimum atomic E-state index is -3.87. The molecule has 1 heterocycles. The summed E-state index contributed by atoms with van der Waals surface area (Å²) in [6, 6.07) is 12.4. The number of unbranched alkanes of at least 4 members (excludes halogenated alkanes) is 1. The molecule has 0 fully saturated rings. The average molecular weight is 517 g/mol. The van der Waals surface area contributed by atoms with Gasteiger partial charge in [0.15, 0.2) is 23.1 Å². The highest BCUT2D eigenvalue weighted by Crippen LogP contribution is 2.41. The fraction of sp³-hybridized carbons (Fsp3) is 0.346. The van der Waals surface area contributed by atoms with Crippen LogP contribution in [0.2, 0.25) is 0 Å². The van der Waals surface area contributed by atoms with Crippen molar-refractivity contribution in [2.45, 2.75) is 60.1 Å². The summed E-state index contributed by atoms with van der Waals surface area (Å²) in [4.78, 5) is 1.59. The Bertz CT molecular complexity index is 1260. The van der Waals surface area contributed by atoms with Gasteiger partial charge in [-0.05, 0) is 54.2 Å². The summed E-state index contributed by atoms with van der Waals surface area (Å²) in [7, 11) is -0.733. The Morgan fingerprint density at radius 2 is 1.77 bits per heavy atom. The molecule has 0 aliphatic rings. The van der Waals surface area contributed by atoms with Crippen molar-refractivity contribution in [1.82, 2.24) is 5.16 Å². The zero-order valence-electron chi connectivity index (χ0n) is 20.8. The Labute approximate surface area is 211 Å². The summed E-state index contributed by atoms with van der Waals surface area (Å²) >= 11 is 1.35. The Morgan fingerprint density at radius 3 is 2.37 bits per heavy atom. The van der Waals surface area contributed by atoms with Gasteiger partial charge < -0.3 is 14.0 Å². The van der Waals surface area contributed by atoms with E-state index in [9.17, 15) is 8.42 Å². The maximum Gasteiger partial charge on any atom is 0.263 e. The van der Waals surface area contributed by atoms with Crippen LogP contribution in [-0.4, -0.2) is 27.8 Å². The first-order valence-electron chi connectivity index (χ1n) is 11.2. The van der Waals surface area contributed by atoms with Gasteiger partial charge in [0.1, 0.15) is 4.90 Å². The average Bonchev–Trinajstić information content (AvgIpc) is 3.18. The molecule has 0 aliphatic heterocycles. The van der Waals surface area contributed by atoms with E-state index < -0.39 is 10.0 Å². The number of benzene rings is 2. The Balaban J connectivity index is 1.93. The Kier molecular flexibility index (Phi) is 8.56. The number of ether oxygens (including phenoxy) is 2. The molecule has 1 aromatic heterocycles. The molecule has 188 valence electrons. The van der Waals surface area contributed by atoms with Crippen molar-refractivity contribution in [3.63, 3.8) is 0 Å². The minimum Gasteiger partial charge on any atom is -0.493 e. The maximum absolute atomic E-state index is 13.2.